The van der Waals surface area contributed by atoms with E-state index in [9.17, 15) is 4.79 Å². The number of ether oxygens (including phenoxy) is 1. The van der Waals surface area contributed by atoms with E-state index < -0.39 is 0 Å². The molecule has 146 valence electrons. The van der Waals surface area contributed by atoms with Crippen LogP contribution >= 0.6 is 23.4 Å². The number of nitrogens with one attached hydrogen (secondary N) is 1. The number of carbonyl (C=O) groups excluding carboxylic acids is 1. The fourth-order valence-electron chi connectivity index (χ4n) is 2.54. The summed E-state index contributed by atoms with van der Waals surface area (Å²) in [5.41, 5.74) is 3.89. The van der Waals surface area contributed by atoms with Gasteiger partial charge >= 0.3 is 0 Å². The van der Waals surface area contributed by atoms with Gasteiger partial charge in [0.1, 0.15) is 5.75 Å². The van der Waals surface area contributed by atoms with Crippen LogP contribution in [0.4, 0.5) is 5.69 Å². The Balaban J connectivity index is 1.49. The second-order valence-corrected chi connectivity index (χ2v) is 7.68. The third-order valence-corrected chi connectivity index (χ3v) is 4.97. The highest BCUT2D eigenvalue weighted by Gasteiger charge is 2.12. The summed E-state index contributed by atoms with van der Waals surface area (Å²) in [5.74, 6) is 1.08. The molecule has 0 radical (unpaired) electrons. The molecule has 0 saturated carbocycles. The first-order chi connectivity index (χ1) is 13.4. The van der Waals surface area contributed by atoms with E-state index in [-0.39, 0.29) is 18.3 Å². The van der Waals surface area contributed by atoms with Gasteiger partial charge in [0.25, 0.3) is 11.1 Å². The van der Waals surface area contributed by atoms with Crippen molar-refractivity contribution in [2.24, 2.45) is 0 Å². The maximum absolute atomic E-state index is 12.1. The SMILES string of the molecule is Cc1ccc(NC(=O)CSc2nnc(COc3ccc(Cl)cc3C)o2)c(C)c1. The van der Waals surface area contributed by atoms with Crippen molar-refractivity contribution in [1.29, 1.82) is 0 Å². The zero-order valence-corrected chi connectivity index (χ0v) is 17.4. The van der Waals surface area contributed by atoms with Gasteiger partial charge in [0.2, 0.25) is 5.91 Å². The fraction of sp³-hybridized carbons (Fsp3) is 0.250. The van der Waals surface area contributed by atoms with Crippen LogP contribution in [-0.2, 0) is 11.4 Å². The molecular formula is C20H20ClN3O3S. The number of aromatic nitrogens is 2. The zero-order valence-electron chi connectivity index (χ0n) is 15.8. The maximum Gasteiger partial charge on any atom is 0.277 e. The van der Waals surface area contributed by atoms with Crippen LogP contribution in [-0.4, -0.2) is 21.9 Å². The number of anilines is 1. The molecule has 1 amide bonds. The Bertz CT molecular complexity index is 991. The van der Waals surface area contributed by atoms with E-state index in [1.54, 1.807) is 12.1 Å². The number of thioether (sulfide) groups is 1. The summed E-state index contributed by atoms with van der Waals surface area (Å²) in [6, 6.07) is 11.3. The van der Waals surface area contributed by atoms with Gasteiger partial charge in [-0.1, -0.05) is 41.1 Å². The van der Waals surface area contributed by atoms with Crippen molar-refractivity contribution in [1.82, 2.24) is 10.2 Å². The van der Waals surface area contributed by atoms with Crippen LogP contribution in [0.25, 0.3) is 0 Å². The molecule has 0 fully saturated rings. The van der Waals surface area contributed by atoms with E-state index in [1.165, 1.54) is 11.8 Å². The zero-order chi connectivity index (χ0) is 20.1. The van der Waals surface area contributed by atoms with Crippen molar-refractivity contribution in [3.05, 3.63) is 64.0 Å². The van der Waals surface area contributed by atoms with Crippen molar-refractivity contribution in [3.63, 3.8) is 0 Å². The molecular weight excluding hydrogens is 398 g/mol. The highest BCUT2D eigenvalue weighted by atomic mass is 35.5. The average Bonchev–Trinajstić information content (AvgIpc) is 3.09. The van der Waals surface area contributed by atoms with Crippen molar-refractivity contribution in [3.8, 4) is 5.75 Å². The molecule has 0 aliphatic carbocycles. The van der Waals surface area contributed by atoms with Crippen LogP contribution < -0.4 is 10.1 Å². The number of benzene rings is 2. The molecule has 0 unspecified atom stereocenters. The quantitative estimate of drug-likeness (QED) is 0.547. The van der Waals surface area contributed by atoms with Gasteiger partial charge in [0.15, 0.2) is 6.61 Å². The molecule has 28 heavy (non-hydrogen) atoms. The predicted octanol–water partition coefficient (Wildman–Crippen LogP) is 4.96. The van der Waals surface area contributed by atoms with Gasteiger partial charge in [-0.05, 0) is 56.2 Å². The molecule has 8 heteroatoms. The Morgan fingerprint density at radius 1 is 1.14 bits per heavy atom. The molecule has 6 nitrogen and oxygen atoms in total. The number of hydrogen-bond donors (Lipinski definition) is 1. The minimum Gasteiger partial charge on any atom is -0.484 e. The van der Waals surface area contributed by atoms with Crippen LogP contribution in [0.2, 0.25) is 5.02 Å². The smallest absolute Gasteiger partial charge is 0.277 e. The second kappa shape index (κ2) is 9.12. The minimum atomic E-state index is -0.134. The Hall–Kier alpha value is -2.51. The van der Waals surface area contributed by atoms with Crippen LogP contribution in [0.3, 0.4) is 0 Å². The van der Waals surface area contributed by atoms with Crippen molar-refractivity contribution in [2.75, 3.05) is 11.1 Å². The van der Waals surface area contributed by atoms with E-state index in [2.05, 4.69) is 15.5 Å². The van der Waals surface area contributed by atoms with Crippen molar-refractivity contribution >= 4 is 35.0 Å². The van der Waals surface area contributed by atoms with Crippen LogP contribution in [0.1, 0.15) is 22.6 Å². The molecule has 0 spiro atoms. The van der Waals surface area contributed by atoms with E-state index in [1.807, 2.05) is 45.0 Å². The third-order valence-electron chi connectivity index (χ3n) is 3.92. The van der Waals surface area contributed by atoms with E-state index >= 15 is 0 Å². The Morgan fingerprint density at radius 3 is 2.71 bits per heavy atom. The summed E-state index contributed by atoms with van der Waals surface area (Å²) in [7, 11) is 0. The van der Waals surface area contributed by atoms with Gasteiger partial charge in [0.05, 0.1) is 5.75 Å². The highest BCUT2D eigenvalue weighted by Crippen LogP contribution is 2.23. The number of amides is 1. The first kappa shape index (κ1) is 20.2. The number of carbonyl (C=O) groups is 1. The second-order valence-electron chi connectivity index (χ2n) is 6.32. The van der Waals surface area contributed by atoms with Gasteiger partial charge in [-0.2, -0.15) is 0 Å². The van der Waals surface area contributed by atoms with E-state index in [0.29, 0.717) is 21.9 Å². The number of nitrogens with zero attached hydrogens (tertiary/aromatic N) is 2. The third kappa shape index (κ3) is 5.50. The average molecular weight is 418 g/mol. The molecule has 1 aromatic heterocycles. The summed E-state index contributed by atoms with van der Waals surface area (Å²) in [6.45, 7) is 6.03. The summed E-state index contributed by atoms with van der Waals surface area (Å²) in [4.78, 5) is 12.1. The standard InChI is InChI=1S/C20H20ClN3O3S/c1-12-4-6-16(13(2)8-12)22-18(25)11-28-20-24-23-19(27-20)10-26-17-7-5-15(21)9-14(17)3/h4-9H,10-11H2,1-3H3,(H,22,25). The molecule has 3 aromatic rings. The molecule has 0 aliphatic heterocycles. The Morgan fingerprint density at radius 2 is 1.96 bits per heavy atom. The van der Waals surface area contributed by atoms with Gasteiger partial charge in [-0.15, -0.1) is 10.2 Å². The number of rotatable bonds is 7. The summed E-state index contributed by atoms with van der Waals surface area (Å²) in [5, 5.41) is 11.7. The van der Waals surface area contributed by atoms with Gasteiger partial charge < -0.3 is 14.5 Å². The molecule has 1 heterocycles. The highest BCUT2D eigenvalue weighted by molar-refractivity contribution is 7.99. The first-order valence-electron chi connectivity index (χ1n) is 8.62. The number of hydrogen-bond acceptors (Lipinski definition) is 6. The van der Waals surface area contributed by atoms with Crippen molar-refractivity contribution < 1.29 is 13.9 Å². The fourth-order valence-corrected chi connectivity index (χ4v) is 3.34. The number of aryl methyl sites for hydroxylation is 3. The molecule has 0 bridgehead atoms. The van der Waals surface area contributed by atoms with Gasteiger partial charge in [-0.25, -0.2) is 0 Å². The van der Waals surface area contributed by atoms with Gasteiger partial charge in [0, 0.05) is 10.7 Å². The van der Waals surface area contributed by atoms with Crippen LogP contribution in [0.15, 0.2) is 46.0 Å². The van der Waals surface area contributed by atoms with Gasteiger partial charge in [-0.3, -0.25) is 4.79 Å². The molecule has 2 aromatic carbocycles. The lowest BCUT2D eigenvalue weighted by molar-refractivity contribution is -0.113. The molecule has 3 rings (SSSR count). The van der Waals surface area contributed by atoms with Crippen molar-refractivity contribution in [2.45, 2.75) is 32.6 Å². The number of halogens is 1. The summed E-state index contributed by atoms with van der Waals surface area (Å²) in [6.07, 6.45) is 0. The monoisotopic (exact) mass is 417 g/mol. The summed E-state index contributed by atoms with van der Waals surface area (Å²) < 4.78 is 11.2. The predicted molar refractivity (Wildman–Crippen MR) is 110 cm³/mol. The minimum absolute atomic E-state index is 0.134. The molecule has 0 aliphatic rings. The lowest BCUT2D eigenvalue weighted by Crippen LogP contribution is -2.14. The topological polar surface area (TPSA) is 77.2 Å². The molecule has 0 saturated heterocycles. The van der Waals surface area contributed by atoms with E-state index in [4.69, 9.17) is 20.8 Å². The molecule has 0 atom stereocenters. The lowest BCUT2D eigenvalue weighted by atomic mass is 10.1. The Kier molecular flexibility index (Phi) is 6.59. The summed E-state index contributed by atoms with van der Waals surface area (Å²) >= 11 is 7.11. The lowest BCUT2D eigenvalue weighted by Gasteiger charge is -2.08. The normalized spacial score (nSPS) is 10.7. The first-order valence-corrected chi connectivity index (χ1v) is 9.98. The Labute approximate surface area is 172 Å². The molecule has 1 N–H and O–H groups in total. The van der Waals surface area contributed by atoms with E-state index in [0.717, 1.165) is 22.4 Å². The largest absolute Gasteiger partial charge is 0.484 e. The maximum atomic E-state index is 12.1. The van der Waals surface area contributed by atoms with Crippen LogP contribution in [0, 0.1) is 20.8 Å². The van der Waals surface area contributed by atoms with Crippen LogP contribution in [0.5, 0.6) is 5.75 Å².